The van der Waals surface area contributed by atoms with Gasteiger partial charge in [0, 0.05) is 11.0 Å². The predicted molar refractivity (Wildman–Crippen MR) is 63.3 cm³/mol. The summed E-state index contributed by atoms with van der Waals surface area (Å²) in [5.41, 5.74) is 0. The molecule has 1 aromatic carbocycles. The van der Waals surface area contributed by atoms with Crippen LogP contribution in [0.4, 0.5) is 0 Å². The van der Waals surface area contributed by atoms with Crippen LogP contribution in [0, 0.1) is 0 Å². The molecule has 0 bridgehead atoms. The quantitative estimate of drug-likeness (QED) is 0.898. The number of rotatable bonds is 2. The number of hydrogen-bond donors (Lipinski definition) is 1. The number of ether oxygens (including phenoxy) is 1. The molecule has 1 N–H and O–H groups in total. The second kappa shape index (κ2) is 5.59. The van der Waals surface area contributed by atoms with E-state index in [9.17, 15) is 0 Å². The molecule has 0 unspecified atom stereocenters. The minimum absolute atomic E-state index is 0. The topological polar surface area (TPSA) is 21.3 Å². The summed E-state index contributed by atoms with van der Waals surface area (Å²) in [5, 5.41) is 3.27. The van der Waals surface area contributed by atoms with Crippen molar-refractivity contribution < 1.29 is 4.74 Å². The molecule has 2 nitrogen and oxygen atoms in total. The van der Waals surface area contributed by atoms with Crippen LogP contribution in [0.25, 0.3) is 0 Å². The molecule has 0 amide bonds. The zero-order valence-electron chi connectivity index (χ0n) is 7.70. The van der Waals surface area contributed by atoms with Crippen molar-refractivity contribution in [3.8, 4) is 5.75 Å². The lowest BCUT2D eigenvalue weighted by atomic mass is 10.3. The molecule has 1 aliphatic rings. The maximum atomic E-state index is 5.76. The van der Waals surface area contributed by atoms with Gasteiger partial charge in [-0.25, -0.2) is 0 Å². The first-order valence-electron chi connectivity index (χ1n) is 4.47. The number of hydrogen-bond acceptors (Lipinski definition) is 2. The van der Waals surface area contributed by atoms with Crippen molar-refractivity contribution in [2.45, 2.75) is 12.5 Å². The summed E-state index contributed by atoms with van der Waals surface area (Å²) in [6, 6.07) is 7.98. The molecule has 4 heteroatoms. The van der Waals surface area contributed by atoms with E-state index in [-0.39, 0.29) is 12.4 Å². The van der Waals surface area contributed by atoms with Crippen molar-refractivity contribution in [3.05, 3.63) is 28.7 Å². The van der Waals surface area contributed by atoms with Gasteiger partial charge < -0.3 is 10.1 Å². The SMILES string of the molecule is Brc1cccc(O[C@H]2CCNC2)c1.Cl. The lowest BCUT2D eigenvalue weighted by molar-refractivity contribution is 0.223. The number of nitrogens with one attached hydrogen (secondary N) is 1. The first-order chi connectivity index (χ1) is 6.34. The van der Waals surface area contributed by atoms with Crippen molar-refractivity contribution in [3.63, 3.8) is 0 Å². The third-order valence-corrected chi connectivity index (χ3v) is 2.61. The Morgan fingerprint density at radius 2 is 2.29 bits per heavy atom. The van der Waals surface area contributed by atoms with Gasteiger partial charge in [0.05, 0.1) is 0 Å². The summed E-state index contributed by atoms with van der Waals surface area (Å²) in [7, 11) is 0. The Morgan fingerprint density at radius 1 is 1.43 bits per heavy atom. The van der Waals surface area contributed by atoms with E-state index < -0.39 is 0 Å². The third-order valence-electron chi connectivity index (χ3n) is 2.11. The van der Waals surface area contributed by atoms with E-state index in [0.29, 0.717) is 6.10 Å². The maximum absolute atomic E-state index is 5.76. The van der Waals surface area contributed by atoms with Crippen LogP contribution in [0.2, 0.25) is 0 Å². The van der Waals surface area contributed by atoms with Crippen LogP contribution in [-0.2, 0) is 0 Å². The molecule has 1 fully saturated rings. The molecule has 1 aliphatic heterocycles. The van der Waals surface area contributed by atoms with Crippen molar-refractivity contribution in [1.29, 1.82) is 0 Å². The lowest BCUT2D eigenvalue weighted by Gasteiger charge is -2.12. The highest BCUT2D eigenvalue weighted by Gasteiger charge is 2.15. The standard InChI is InChI=1S/C10H12BrNO.ClH/c11-8-2-1-3-9(6-8)13-10-4-5-12-7-10;/h1-3,6,10,12H,4-5,7H2;1H/t10-;/m0./s1. The smallest absolute Gasteiger partial charge is 0.120 e. The van der Waals surface area contributed by atoms with Gasteiger partial charge in [0.2, 0.25) is 0 Å². The molecule has 2 rings (SSSR count). The first kappa shape index (κ1) is 11.8. The van der Waals surface area contributed by atoms with E-state index in [4.69, 9.17) is 4.74 Å². The number of halogens is 2. The van der Waals surface area contributed by atoms with Gasteiger partial charge in [0.25, 0.3) is 0 Å². The van der Waals surface area contributed by atoms with Crippen LogP contribution in [0.3, 0.4) is 0 Å². The van der Waals surface area contributed by atoms with Gasteiger partial charge in [-0.2, -0.15) is 0 Å². The molecule has 1 aromatic rings. The molecule has 1 saturated heterocycles. The zero-order valence-corrected chi connectivity index (χ0v) is 10.1. The monoisotopic (exact) mass is 277 g/mol. The Bertz CT molecular complexity index is 289. The van der Waals surface area contributed by atoms with E-state index in [1.807, 2.05) is 24.3 Å². The second-order valence-electron chi connectivity index (χ2n) is 3.19. The Hall–Kier alpha value is -0.250. The average Bonchev–Trinajstić information content (AvgIpc) is 2.57. The van der Waals surface area contributed by atoms with Gasteiger partial charge in [-0.15, -0.1) is 12.4 Å². The summed E-state index contributed by atoms with van der Waals surface area (Å²) in [6.45, 7) is 2.03. The maximum Gasteiger partial charge on any atom is 0.120 e. The van der Waals surface area contributed by atoms with Crippen LogP contribution in [0.15, 0.2) is 28.7 Å². The van der Waals surface area contributed by atoms with Crippen molar-refractivity contribution >= 4 is 28.3 Å². The van der Waals surface area contributed by atoms with Gasteiger partial charge in [-0.3, -0.25) is 0 Å². The van der Waals surface area contributed by atoms with Crippen LogP contribution in [0.1, 0.15) is 6.42 Å². The fourth-order valence-corrected chi connectivity index (χ4v) is 1.84. The minimum Gasteiger partial charge on any atom is -0.489 e. The summed E-state index contributed by atoms with van der Waals surface area (Å²) in [5.74, 6) is 0.947. The Morgan fingerprint density at radius 3 is 2.93 bits per heavy atom. The molecular formula is C10H13BrClNO. The summed E-state index contributed by atoms with van der Waals surface area (Å²) in [4.78, 5) is 0. The summed E-state index contributed by atoms with van der Waals surface area (Å²) < 4.78 is 6.83. The van der Waals surface area contributed by atoms with Crippen molar-refractivity contribution in [2.75, 3.05) is 13.1 Å². The molecule has 0 spiro atoms. The second-order valence-corrected chi connectivity index (χ2v) is 4.11. The van der Waals surface area contributed by atoms with Gasteiger partial charge in [-0.1, -0.05) is 22.0 Å². The first-order valence-corrected chi connectivity index (χ1v) is 5.27. The van der Waals surface area contributed by atoms with E-state index in [2.05, 4.69) is 21.2 Å². The Kier molecular flexibility index (Phi) is 4.72. The molecule has 0 saturated carbocycles. The van der Waals surface area contributed by atoms with E-state index in [1.54, 1.807) is 0 Å². The van der Waals surface area contributed by atoms with Crippen LogP contribution < -0.4 is 10.1 Å². The van der Waals surface area contributed by atoms with Gasteiger partial charge in [0.1, 0.15) is 11.9 Å². The number of benzene rings is 1. The lowest BCUT2D eigenvalue weighted by Crippen LogP contribution is -2.19. The van der Waals surface area contributed by atoms with E-state index in [1.165, 1.54) is 0 Å². The van der Waals surface area contributed by atoms with Crippen molar-refractivity contribution in [2.24, 2.45) is 0 Å². The molecule has 0 aromatic heterocycles. The molecule has 0 radical (unpaired) electrons. The van der Waals surface area contributed by atoms with Gasteiger partial charge in [0.15, 0.2) is 0 Å². The van der Waals surface area contributed by atoms with E-state index >= 15 is 0 Å². The Balaban J connectivity index is 0.000000980. The van der Waals surface area contributed by atoms with E-state index in [0.717, 1.165) is 29.7 Å². The van der Waals surface area contributed by atoms with Crippen LogP contribution in [0.5, 0.6) is 5.75 Å². The highest BCUT2D eigenvalue weighted by atomic mass is 79.9. The normalized spacial score (nSPS) is 20.2. The zero-order chi connectivity index (χ0) is 9.10. The largest absolute Gasteiger partial charge is 0.489 e. The van der Waals surface area contributed by atoms with Gasteiger partial charge in [-0.05, 0) is 31.2 Å². The molecule has 78 valence electrons. The fourth-order valence-electron chi connectivity index (χ4n) is 1.46. The van der Waals surface area contributed by atoms with Crippen LogP contribution in [-0.4, -0.2) is 19.2 Å². The predicted octanol–water partition coefficient (Wildman–Crippen LogP) is 2.61. The average molecular weight is 279 g/mol. The minimum atomic E-state index is 0. The van der Waals surface area contributed by atoms with Crippen molar-refractivity contribution in [1.82, 2.24) is 5.32 Å². The molecule has 1 heterocycles. The highest BCUT2D eigenvalue weighted by molar-refractivity contribution is 9.10. The highest BCUT2D eigenvalue weighted by Crippen LogP contribution is 2.20. The molecule has 14 heavy (non-hydrogen) atoms. The summed E-state index contributed by atoms with van der Waals surface area (Å²) >= 11 is 3.42. The van der Waals surface area contributed by atoms with Crippen LogP contribution >= 0.6 is 28.3 Å². The molecule has 1 atom stereocenters. The fraction of sp³-hybridized carbons (Fsp3) is 0.400. The van der Waals surface area contributed by atoms with Gasteiger partial charge >= 0.3 is 0 Å². The third kappa shape index (κ3) is 3.15. The molecule has 0 aliphatic carbocycles. The summed E-state index contributed by atoms with van der Waals surface area (Å²) in [6.07, 6.45) is 1.45. The molecular weight excluding hydrogens is 265 g/mol. The Labute approximate surface area is 98.6 Å².